The molecular formula is C16H16N4O. The maximum absolute atomic E-state index is 5.68. The Hall–Kier alpha value is -2.56. The molecule has 0 bridgehead atoms. The summed E-state index contributed by atoms with van der Waals surface area (Å²) in [5.74, 6) is 0.469. The minimum absolute atomic E-state index is 0.0212. The van der Waals surface area contributed by atoms with Gasteiger partial charge in [-0.1, -0.05) is 29.8 Å². The summed E-state index contributed by atoms with van der Waals surface area (Å²) in [4.78, 5) is 17.3. The first-order valence-corrected chi connectivity index (χ1v) is 6.85. The highest BCUT2D eigenvalue weighted by Crippen LogP contribution is 2.23. The third kappa shape index (κ3) is 2.81. The quantitative estimate of drug-likeness (QED) is 0.737. The number of rotatable bonds is 3. The molecule has 0 saturated heterocycles. The Morgan fingerprint density at radius 3 is 2.48 bits per heavy atom. The first-order valence-electron chi connectivity index (χ1n) is 6.85. The Kier molecular flexibility index (Phi) is 3.48. The standard InChI is InChI=1S/C16H16N4O/c1-10(2)21-16-14-15(18-9-19-16)17-8-13(20-14)12-6-4-11(3)5-7-12/h4-10H,1-3H3. The lowest BCUT2D eigenvalue weighted by molar-refractivity contribution is 0.235. The number of benzene rings is 1. The summed E-state index contributed by atoms with van der Waals surface area (Å²) in [7, 11) is 0. The van der Waals surface area contributed by atoms with Crippen LogP contribution in [0.5, 0.6) is 5.88 Å². The van der Waals surface area contributed by atoms with Crippen molar-refractivity contribution in [2.45, 2.75) is 26.9 Å². The minimum Gasteiger partial charge on any atom is -0.473 e. The van der Waals surface area contributed by atoms with Gasteiger partial charge in [0.2, 0.25) is 5.88 Å². The fraction of sp³-hybridized carbons (Fsp3) is 0.250. The summed E-state index contributed by atoms with van der Waals surface area (Å²) in [6.07, 6.45) is 3.19. The van der Waals surface area contributed by atoms with Gasteiger partial charge in [-0.2, -0.15) is 4.98 Å². The van der Waals surface area contributed by atoms with E-state index in [1.807, 2.05) is 38.1 Å². The topological polar surface area (TPSA) is 60.8 Å². The largest absolute Gasteiger partial charge is 0.473 e. The second-order valence-electron chi connectivity index (χ2n) is 5.14. The van der Waals surface area contributed by atoms with Crippen molar-refractivity contribution in [3.05, 3.63) is 42.4 Å². The monoisotopic (exact) mass is 280 g/mol. The highest BCUT2D eigenvalue weighted by atomic mass is 16.5. The number of ether oxygens (including phenoxy) is 1. The van der Waals surface area contributed by atoms with Gasteiger partial charge in [-0.05, 0) is 20.8 Å². The van der Waals surface area contributed by atoms with Crippen molar-refractivity contribution in [2.24, 2.45) is 0 Å². The summed E-state index contributed by atoms with van der Waals surface area (Å²) in [5.41, 5.74) is 4.13. The summed E-state index contributed by atoms with van der Waals surface area (Å²) >= 11 is 0. The molecule has 5 heteroatoms. The predicted molar refractivity (Wildman–Crippen MR) is 81.1 cm³/mol. The van der Waals surface area contributed by atoms with Crippen molar-refractivity contribution in [1.29, 1.82) is 0 Å². The van der Waals surface area contributed by atoms with Crippen LogP contribution in [0.3, 0.4) is 0 Å². The van der Waals surface area contributed by atoms with E-state index in [2.05, 4.69) is 26.9 Å². The second-order valence-corrected chi connectivity index (χ2v) is 5.14. The molecule has 1 aromatic carbocycles. The highest BCUT2D eigenvalue weighted by Gasteiger charge is 2.11. The fourth-order valence-electron chi connectivity index (χ4n) is 1.99. The predicted octanol–water partition coefficient (Wildman–Crippen LogP) is 3.18. The van der Waals surface area contributed by atoms with E-state index in [4.69, 9.17) is 4.74 Å². The molecule has 0 atom stereocenters. The molecule has 0 aliphatic rings. The lowest BCUT2D eigenvalue weighted by atomic mass is 10.1. The lowest BCUT2D eigenvalue weighted by Gasteiger charge is -2.10. The number of hydrogen-bond acceptors (Lipinski definition) is 5. The summed E-state index contributed by atoms with van der Waals surface area (Å²) in [6, 6.07) is 8.15. The molecule has 2 aromatic heterocycles. The molecule has 0 aliphatic heterocycles. The summed E-state index contributed by atoms with van der Waals surface area (Å²) < 4.78 is 5.68. The van der Waals surface area contributed by atoms with Crippen LogP contribution in [0.4, 0.5) is 0 Å². The summed E-state index contributed by atoms with van der Waals surface area (Å²) in [6.45, 7) is 5.95. The zero-order chi connectivity index (χ0) is 14.8. The molecular weight excluding hydrogens is 264 g/mol. The smallest absolute Gasteiger partial charge is 0.245 e. The van der Waals surface area contributed by atoms with E-state index < -0.39 is 0 Å². The Bertz CT molecular complexity index is 769. The van der Waals surface area contributed by atoms with E-state index in [9.17, 15) is 0 Å². The van der Waals surface area contributed by atoms with Crippen LogP contribution in [0.25, 0.3) is 22.4 Å². The van der Waals surface area contributed by atoms with Crippen LogP contribution in [-0.2, 0) is 0 Å². The molecule has 0 fully saturated rings. The van der Waals surface area contributed by atoms with E-state index in [-0.39, 0.29) is 6.10 Å². The lowest BCUT2D eigenvalue weighted by Crippen LogP contribution is -2.08. The van der Waals surface area contributed by atoms with E-state index in [0.29, 0.717) is 17.0 Å². The zero-order valence-electron chi connectivity index (χ0n) is 12.2. The van der Waals surface area contributed by atoms with Gasteiger partial charge in [0, 0.05) is 5.56 Å². The van der Waals surface area contributed by atoms with Crippen LogP contribution in [0.15, 0.2) is 36.8 Å². The molecule has 2 heterocycles. The Morgan fingerprint density at radius 1 is 1.00 bits per heavy atom. The van der Waals surface area contributed by atoms with E-state index in [1.165, 1.54) is 11.9 Å². The van der Waals surface area contributed by atoms with Gasteiger partial charge in [-0.25, -0.2) is 15.0 Å². The number of fused-ring (bicyclic) bond motifs is 1. The van der Waals surface area contributed by atoms with Crippen LogP contribution in [-0.4, -0.2) is 26.0 Å². The second kappa shape index (κ2) is 5.44. The third-order valence-corrected chi connectivity index (χ3v) is 3.01. The van der Waals surface area contributed by atoms with Gasteiger partial charge in [-0.3, -0.25) is 0 Å². The molecule has 21 heavy (non-hydrogen) atoms. The van der Waals surface area contributed by atoms with Gasteiger partial charge < -0.3 is 4.74 Å². The van der Waals surface area contributed by atoms with Crippen LogP contribution < -0.4 is 4.74 Å². The minimum atomic E-state index is 0.0212. The van der Waals surface area contributed by atoms with Crippen molar-refractivity contribution in [2.75, 3.05) is 0 Å². The van der Waals surface area contributed by atoms with Gasteiger partial charge in [-0.15, -0.1) is 0 Å². The van der Waals surface area contributed by atoms with Crippen molar-refractivity contribution >= 4 is 11.2 Å². The molecule has 0 unspecified atom stereocenters. The molecule has 0 spiro atoms. The first kappa shape index (κ1) is 13.4. The van der Waals surface area contributed by atoms with Crippen molar-refractivity contribution < 1.29 is 4.74 Å². The van der Waals surface area contributed by atoms with Crippen LogP contribution in [0, 0.1) is 6.92 Å². The Balaban J connectivity index is 2.11. The molecule has 0 radical (unpaired) electrons. The van der Waals surface area contributed by atoms with E-state index >= 15 is 0 Å². The maximum atomic E-state index is 5.68. The number of hydrogen-bond donors (Lipinski definition) is 0. The van der Waals surface area contributed by atoms with Gasteiger partial charge in [0.05, 0.1) is 18.0 Å². The SMILES string of the molecule is Cc1ccc(-c2cnc3ncnc(OC(C)C)c3n2)cc1. The Labute approximate surface area is 123 Å². The fourth-order valence-corrected chi connectivity index (χ4v) is 1.99. The molecule has 0 aliphatic carbocycles. The van der Waals surface area contributed by atoms with Gasteiger partial charge in [0.15, 0.2) is 11.2 Å². The van der Waals surface area contributed by atoms with Gasteiger partial charge >= 0.3 is 0 Å². The molecule has 0 saturated carbocycles. The number of aromatic nitrogens is 4. The van der Waals surface area contributed by atoms with Crippen molar-refractivity contribution in [1.82, 2.24) is 19.9 Å². The Morgan fingerprint density at radius 2 is 1.76 bits per heavy atom. The number of aryl methyl sites for hydroxylation is 1. The number of nitrogens with zero attached hydrogens (tertiary/aromatic N) is 4. The highest BCUT2D eigenvalue weighted by molar-refractivity contribution is 5.77. The van der Waals surface area contributed by atoms with Crippen LogP contribution in [0.1, 0.15) is 19.4 Å². The average molecular weight is 280 g/mol. The molecule has 0 amide bonds. The molecule has 0 N–H and O–H groups in total. The molecule has 5 nitrogen and oxygen atoms in total. The third-order valence-electron chi connectivity index (χ3n) is 3.01. The van der Waals surface area contributed by atoms with Crippen molar-refractivity contribution in [3.8, 4) is 17.1 Å². The molecule has 3 rings (SSSR count). The first-order chi connectivity index (χ1) is 10.1. The zero-order valence-corrected chi connectivity index (χ0v) is 12.2. The van der Waals surface area contributed by atoms with Crippen LogP contribution in [0.2, 0.25) is 0 Å². The van der Waals surface area contributed by atoms with Gasteiger partial charge in [0.25, 0.3) is 0 Å². The molecule has 3 aromatic rings. The van der Waals surface area contributed by atoms with Gasteiger partial charge in [0.1, 0.15) is 6.33 Å². The normalized spacial score (nSPS) is 11.0. The maximum Gasteiger partial charge on any atom is 0.245 e. The van der Waals surface area contributed by atoms with E-state index in [1.54, 1.807) is 6.20 Å². The van der Waals surface area contributed by atoms with Crippen molar-refractivity contribution in [3.63, 3.8) is 0 Å². The summed E-state index contributed by atoms with van der Waals surface area (Å²) in [5, 5.41) is 0. The molecule has 106 valence electrons. The van der Waals surface area contributed by atoms with Crippen LogP contribution >= 0.6 is 0 Å². The average Bonchev–Trinajstić information content (AvgIpc) is 2.47. The van der Waals surface area contributed by atoms with E-state index in [0.717, 1.165) is 11.3 Å².